The van der Waals surface area contributed by atoms with Crippen molar-refractivity contribution in [3.05, 3.63) is 29.8 Å². The minimum Gasteiger partial charge on any atom is -0.507 e. The monoisotopic (exact) mass is 150 g/mol. The first-order valence-corrected chi connectivity index (χ1v) is 3.14. The molecule has 3 heteroatoms. The summed E-state index contributed by atoms with van der Waals surface area (Å²) in [4.78, 5) is 0. The summed E-state index contributed by atoms with van der Waals surface area (Å²) in [5.41, 5.74) is 0.870. The number of phenolic OH excluding ortho intramolecular Hbond substituents is 1. The van der Waals surface area contributed by atoms with Gasteiger partial charge in [0.2, 0.25) is 0 Å². The van der Waals surface area contributed by atoms with Crippen LogP contribution in [0.5, 0.6) is 5.75 Å². The van der Waals surface area contributed by atoms with Crippen molar-refractivity contribution in [1.82, 2.24) is 0 Å². The number of phenols is 1. The summed E-state index contributed by atoms with van der Waals surface area (Å²) in [6.45, 7) is 1.60. The molecule has 0 spiro atoms. The van der Waals surface area contributed by atoms with E-state index in [-0.39, 0.29) is 5.75 Å². The molecule has 0 aromatic heterocycles. The van der Waals surface area contributed by atoms with Gasteiger partial charge in [-0.2, -0.15) is 0 Å². The van der Waals surface area contributed by atoms with Gasteiger partial charge < -0.3 is 10.3 Å². The van der Waals surface area contributed by atoms with E-state index in [0.29, 0.717) is 11.3 Å². The van der Waals surface area contributed by atoms with E-state index in [1.165, 1.54) is 6.07 Å². The van der Waals surface area contributed by atoms with Crippen molar-refractivity contribution in [2.75, 3.05) is 0 Å². The lowest BCUT2D eigenvalue weighted by molar-refractivity contribution is 0.318. The van der Waals surface area contributed by atoms with Gasteiger partial charge in [-0.15, -0.1) is 0 Å². The Kier molecular flexibility index (Phi) is 2.11. The van der Waals surface area contributed by atoms with Gasteiger partial charge in [0.1, 0.15) is 5.75 Å². The zero-order chi connectivity index (χ0) is 8.27. The van der Waals surface area contributed by atoms with E-state index >= 15 is 0 Å². The van der Waals surface area contributed by atoms with Crippen LogP contribution in [0.1, 0.15) is 12.5 Å². The van der Waals surface area contributed by atoms with Crippen molar-refractivity contribution in [2.24, 2.45) is 5.16 Å². The standard InChI is InChI=1S/C8H8NO2/c1-6(9-11)7-4-2-3-5-8(7)10/h3-5,10-11H,1H3/b9-6+. The number of nitrogens with zero attached hydrogens (tertiary/aromatic N) is 1. The first kappa shape index (κ1) is 7.60. The second-order valence-corrected chi connectivity index (χ2v) is 2.13. The molecule has 0 fully saturated rings. The molecule has 1 aromatic carbocycles. The fourth-order valence-corrected chi connectivity index (χ4v) is 0.766. The molecule has 0 aliphatic carbocycles. The molecule has 57 valence electrons. The first-order chi connectivity index (χ1) is 5.25. The van der Waals surface area contributed by atoms with Crippen molar-refractivity contribution >= 4 is 5.71 Å². The molecule has 0 bridgehead atoms. The number of aromatic hydroxyl groups is 1. The summed E-state index contributed by atoms with van der Waals surface area (Å²) in [5, 5.41) is 20.5. The van der Waals surface area contributed by atoms with Gasteiger partial charge in [0.25, 0.3) is 0 Å². The molecular formula is C8H8NO2. The zero-order valence-electron chi connectivity index (χ0n) is 6.07. The van der Waals surface area contributed by atoms with Gasteiger partial charge in [0, 0.05) is 5.56 Å². The Morgan fingerprint density at radius 3 is 2.91 bits per heavy atom. The lowest BCUT2D eigenvalue weighted by atomic mass is 10.1. The van der Waals surface area contributed by atoms with Crippen LogP contribution in [0.3, 0.4) is 0 Å². The maximum atomic E-state index is 9.20. The summed E-state index contributed by atoms with van der Waals surface area (Å²) in [6, 6.07) is 7.40. The van der Waals surface area contributed by atoms with Crippen LogP contribution in [0, 0.1) is 6.07 Å². The SMILES string of the molecule is C/C(=N\O)c1c[c]ccc1O. The lowest BCUT2D eigenvalue weighted by Crippen LogP contribution is -1.93. The molecule has 0 aliphatic rings. The van der Waals surface area contributed by atoms with Gasteiger partial charge in [0.15, 0.2) is 0 Å². The molecule has 0 atom stereocenters. The topological polar surface area (TPSA) is 52.8 Å². The van der Waals surface area contributed by atoms with Crippen molar-refractivity contribution in [3.63, 3.8) is 0 Å². The molecule has 2 N–H and O–H groups in total. The first-order valence-electron chi connectivity index (χ1n) is 3.14. The van der Waals surface area contributed by atoms with E-state index in [4.69, 9.17) is 5.21 Å². The third-order valence-electron chi connectivity index (χ3n) is 1.38. The molecular weight excluding hydrogens is 142 g/mol. The highest BCUT2D eigenvalue weighted by atomic mass is 16.4. The molecule has 0 heterocycles. The van der Waals surface area contributed by atoms with E-state index < -0.39 is 0 Å². The van der Waals surface area contributed by atoms with Crippen LogP contribution < -0.4 is 0 Å². The normalized spacial score (nSPS) is 11.5. The van der Waals surface area contributed by atoms with Gasteiger partial charge in [-0.25, -0.2) is 0 Å². The van der Waals surface area contributed by atoms with Crippen LogP contribution in [0.15, 0.2) is 23.4 Å². The Hall–Kier alpha value is -1.51. The van der Waals surface area contributed by atoms with Crippen LogP contribution in [0.25, 0.3) is 0 Å². The zero-order valence-corrected chi connectivity index (χ0v) is 6.07. The van der Waals surface area contributed by atoms with Crippen molar-refractivity contribution in [2.45, 2.75) is 6.92 Å². The molecule has 3 nitrogen and oxygen atoms in total. The van der Waals surface area contributed by atoms with Crippen molar-refractivity contribution < 1.29 is 10.3 Å². The predicted molar refractivity (Wildman–Crippen MR) is 40.9 cm³/mol. The van der Waals surface area contributed by atoms with E-state index in [1.54, 1.807) is 19.1 Å². The highest BCUT2D eigenvalue weighted by Gasteiger charge is 2.01. The Balaban J connectivity index is 3.14. The van der Waals surface area contributed by atoms with Crippen LogP contribution in [0.2, 0.25) is 0 Å². The quantitative estimate of drug-likeness (QED) is 0.361. The van der Waals surface area contributed by atoms with Crippen LogP contribution in [-0.4, -0.2) is 16.0 Å². The smallest absolute Gasteiger partial charge is 0.124 e. The number of oxime groups is 1. The van der Waals surface area contributed by atoms with Gasteiger partial charge >= 0.3 is 0 Å². The average molecular weight is 150 g/mol. The fraction of sp³-hybridized carbons (Fsp3) is 0.125. The van der Waals surface area contributed by atoms with Gasteiger partial charge in [-0.3, -0.25) is 0 Å². The van der Waals surface area contributed by atoms with Gasteiger partial charge in [0.05, 0.1) is 5.71 Å². The minimum atomic E-state index is 0.0963. The molecule has 1 aromatic rings. The fourth-order valence-electron chi connectivity index (χ4n) is 0.766. The van der Waals surface area contributed by atoms with Crippen LogP contribution in [0.4, 0.5) is 0 Å². The summed E-state index contributed by atoms with van der Waals surface area (Å²) in [7, 11) is 0. The molecule has 0 aliphatic heterocycles. The number of hydrogen-bond acceptors (Lipinski definition) is 3. The minimum absolute atomic E-state index is 0.0963. The maximum Gasteiger partial charge on any atom is 0.124 e. The highest BCUT2D eigenvalue weighted by molar-refractivity contribution is 6.00. The van der Waals surface area contributed by atoms with E-state index in [2.05, 4.69) is 11.2 Å². The van der Waals surface area contributed by atoms with Crippen LogP contribution >= 0.6 is 0 Å². The third kappa shape index (κ3) is 1.49. The van der Waals surface area contributed by atoms with Crippen LogP contribution in [-0.2, 0) is 0 Å². The number of benzene rings is 1. The van der Waals surface area contributed by atoms with E-state index in [0.717, 1.165) is 0 Å². The molecule has 1 rings (SSSR count). The Morgan fingerprint density at radius 2 is 2.36 bits per heavy atom. The number of rotatable bonds is 1. The second-order valence-electron chi connectivity index (χ2n) is 2.13. The Morgan fingerprint density at radius 1 is 1.64 bits per heavy atom. The highest BCUT2D eigenvalue weighted by Crippen LogP contribution is 2.15. The number of hydrogen-bond donors (Lipinski definition) is 2. The molecule has 1 radical (unpaired) electrons. The average Bonchev–Trinajstić information content (AvgIpc) is 2.04. The van der Waals surface area contributed by atoms with E-state index in [1.807, 2.05) is 0 Å². The Labute approximate surface area is 64.6 Å². The summed E-state index contributed by atoms with van der Waals surface area (Å²) >= 11 is 0. The molecule has 0 saturated carbocycles. The molecule has 0 unspecified atom stereocenters. The largest absolute Gasteiger partial charge is 0.507 e. The van der Waals surface area contributed by atoms with E-state index in [9.17, 15) is 5.11 Å². The predicted octanol–water partition coefficient (Wildman–Crippen LogP) is 1.39. The summed E-state index contributed by atoms with van der Waals surface area (Å²) in [5.74, 6) is 0.0963. The molecule has 0 saturated heterocycles. The Bertz CT molecular complexity index is 281. The van der Waals surface area contributed by atoms with Gasteiger partial charge in [-0.05, 0) is 25.1 Å². The maximum absolute atomic E-state index is 9.20. The molecule has 0 amide bonds. The lowest BCUT2D eigenvalue weighted by Gasteiger charge is -1.99. The summed E-state index contributed by atoms with van der Waals surface area (Å²) < 4.78 is 0. The second kappa shape index (κ2) is 3.05. The van der Waals surface area contributed by atoms with Crippen molar-refractivity contribution in [1.29, 1.82) is 0 Å². The third-order valence-corrected chi connectivity index (χ3v) is 1.38. The van der Waals surface area contributed by atoms with Gasteiger partial charge in [-0.1, -0.05) is 11.2 Å². The van der Waals surface area contributed by atoms with Crippen molar-refractivity contribution in [3.8, 4) is 5.75 Å². The summed E-state index contributed by atoms with van der Waals surface area (Å²) in [6.07, 6.45) is 0. The molecule has 11 heavy (non-hydrogen) atoms.